The maximum absolute atomic E-state index is 12.9. The van der Waals surface area contributed by atoms with Crippen molar-refractivity contribution in [3.63, 3.8) is 0 Å². The largest absolute Gasteiger partial charge is 0.368 e. The summed E-state index contributed by atoms with van der Waals surface area (Å²) < 4.78 is 12.9. The Kier molecular flexibility index (Phi) is 2.52. The van der Waals surface area contributed by atoms with Crippen LogP contribution in [0.15, 0.2) is 25.1 Å². The molecule has 0 saturated carbocycles. The second kappa shape index (κ2) is 3.42. The van der Waals surface area contributed by atoms with Crippen LogP contribution in [0.1, 0.15) is 0 Å². The first-order chi connectivity index (χ1) is 5.24. The molecular formula is C8H13FN2. The molecule has 0 N–H and O–H groups in total. The van der Waals surface area contributed by atoms with Crippen molar-refractivity contribution in [3.8, 4) is 0 Å². The molecule has 62 valence electrons. The SMILES string of the molecule is C=CCN1C=CN(C)C(F)C1. The summed E-state index contributed by atoms with van der Waals surface area (Å²) in [6.07, 6.45) is 4.48. The van der Waals surface area contributed by atoms with Gasteiger partial charge in [-0.2, -0.15) is 0 Å². The zero-order chi connectivity index (χ0) is 8.27. The zero-order valence-electron chi connectivity index (χ0n) is 6.70. The Morgan fingerprint density at radius 1 is 1.73 bits per heavy atom. The van der Waals surface area contributed by atoms with E-state index in [9.17, 15) is 4.39 Å². The van der Waals surface area contributed by atoms with Gasteiger partial charge in [-0.05, 0) is 0 Å². The van der Waals surface area contributed by atoms with Gasteiger partial charge in [-0.25, -0.2) is 4.39 Å². The van der Waals surface area contributed by atoms with Gasteiger partial charge in [-0.3, -0.25) is 0 Å². The molecule has 2 nitrogen and oxygen atoms in total. The van der Waals surface area contributed by atoms with Gasteiger partial charge in [0.2, 0.25) is 0 Å². The zero-order valence-corrected chi connectivity index (χ0v) is 6.70. The van der Waals surface area contributed by atoms with Crippen molar-refractivity contribution < 1.29 is 4.39 Å². The van der Waals surface area contributed by atoms with E-state index < -0.39 is 6.30 Å². The van der Waals surface area contributed by atoms with E-state index in [0.717, 1.165) is 0 Å². The van der Waals surface area contributed by atoms with Crippen LogP contribution in [0.25, 0.3) is 0 Å². The van der Waals surface area contributed by atoms with E-state index in [1.165, 1.54) is 0 Å². The molecule has 11 heavy (non-hydrogen) atoms. The molecule has 1 unspecified atom stereocenters. The monoisotopic (exact) mass is 156 g/mol. The van der Waals surface area contributed by atoms with Crippen molar-refractivity contribution in [2.75, 3.05) is 20.1 Å². The summed E-state index contributed by atoms with van der Waals surface area (Å²) in [5.41, 5.74) is 0. The van der Waals surface area contributed by atoms with Crippen molar-refractivity contribution in [2.45, 2.75) is 6.30 Å². The van der Waals surface area contributed by atoms with Gasteiger partial charge in [0.25, 0.3) is 0 Å². The molecule has 1 aliphatic rings. The lowest BCUT2D eigenvalue weighted by atomic mass is 10.4. The first kappa shape index (κ1) is 8.11. The van der Waals surface area contributed by atoms with Crippen molar-refractivity contribution in [1.29, 1.82) is 0 Å². The van der Waals surface area contributed by atoms with Crippen molar-refractivity contribution in [3.05, 3.63) is 25.1 Å². The van der Waals surface area contributed by atoms with Crippen LogP contribution >= 0.6 is 0 Å². The number of rotatable bonds is 2. The molecule has 0 amide bonds. The van der Waals surface area contributed by atoms with Crippen LogP contribution in [-0.4, -0.2) is 36.2 Å². The van der Waals surface area contributed by atoms with Crippen LogP contribution in [0.4, 0.5) is 4.39 Å². The molecule has 1 atom stereocenters. The Bertz CT molecular complexity index is 167. The quantitative estimate of drug-likeness (QED) is 0.437. The van der Waals surface area contributed by atoms with Crippen molar-refractivity contribution in [2.24, 2.45) is 0 Å². The number of hydrogen-bond acceptors (Lipinski definition) is 2. The lowest BCUT2D eigenvalue weighted by Crippen LogP contribution is -2.38. The second-order valence-corrected chi connectivity index (χ2v) is 2.64. The van der Waals surface area contributed by atoms with E-state index in [0.29, 0.717) is 13.1 Å². The minimum Gasteiger partial charge on any atom is -0.368 e. The Morgan fingerprint density at radius 3 is 3.00 bits per heavy atom. The van der Waals surface area contributed by atoms with Gasteiger partial charge >= 0.3 is 0 Å². The number of hydrogen-bond donors (Lipinski definition) is 0. The topological polar surface area (TPSA) is 6.48 Å². The van der Waals surface area contributed by atoms with Crippen LogP contribution in [0.2, 0.25) is 0 Å². The summed E-state index contributed by atoms with van der Waals surface area (Å²) in [4.78, 5) is 3.44. The van der Waals surface area contributed by atoms with E-state index in [2.05, 4.69) is 6.58 Å². The summed E-state index contributed by atoms with van der Waals surface area (Å²) in [5, 5.41) is 0. The molecule has 0 spiro atoms. The normalized spacial score (nSPS) is 24.0. The summed E-state index contributed by atoms with van der Waals surface area (Å²) in [7, 11) is 1.73. The summed E-state index contributed by atoms with van der Waals surface area (Å²) in [6, 6.07) is 0. The minimum atomic E-state index is -0.889. The predicted molar refractivity (Wildman–Crippen MR) is 43.6 cm³/mol. The van der Waals surface area contributed by atoms with Gasteiger partial charge < -0.3 is 9.80 Å². The smallest absolute Gasteiger partial charge is 0.189 e. The van der Waals surface area contributed by atoms with Crippen LogP contribution in [0.3, 0.4) is 0 Å². The molecular weight excluding hydrogens is 143 g/mol. The molecule has 0 aromatic heterocycles. The molecule has 1 aliphatic heterocycles. The van der Waals surface area contributed by atoms with E-state index in [-0.39, 0.29) is 0 Å². The van der Waals surface area contributed by atoms with Gasteiger partial charge in [-0.1, -0.05) is 6.08 Å². The highest BCUT2D eigenvalue weighted by atomic mass is 19.1. The number of nitrogens with zero attached hydrogens (tertiary/aromatic N) is 2. The molecule has 3 heteroatoms. The molecule has 0 radical (unpaired) electrons. The van der Waals surface area contributed by atoms with Crippen LogP contribution < -0.4 is 0 Å². The van der Waals surface area contributed by atoms with E-state index in [1.54, 1.807) is 24.2 Å². The van der Waals surface area contributed by atoms with Gasteiger partial charge in [0, 0.05) is 26.0 Å². The van der Waals surface area contributed by atoms with Crippen LogP contribution in [-0.2, 0) is 0 Å². The third-order valence-electron chi connectivity index (χ3n) is 1.70. The number of alkyl halides is 1. The molecule has 1 rings (SSSR count). The minimum absolute atomic E-state index is 0.430. The summed E-state index contributed by atoms with van der Waals surface area (Å²) in [6.45, 7) is 4.73. The molecule has 0 saturated heterocycles. The maximum atomic E-state index is 12.9. The fourth-order valence-corrected chi connectivity index (χ4v) is 0.977. The lowest BCUT2D eigenvalue weighted by Gasteiger charge is -2.31. The Morgan fingerprint density at radius 2 is 2.45 bits per heavy atom. The van der Waals surface area contributed by atoms with Crippen LogP contribution in [0.5, 0.6) is 0 Å². The number of halogens is 1. The van der Waals surface area contributed by atoms with Gasteiger partial charge in [0.15, 0.2) is 6.30 Å². The average molecular weight is 156 g/mol. The van der Waals surface area contributed by atoms with Gasteiger partial charge in [-0.15, -0.1) is 6.58 Å². The summed E-state index contributed by atoms with van der Waals surface area (Å²) >= 11 is 0. The highest BCUT2D eigenvalue weighted by molar-refractivity contribution is 4.92. The fourth-order valence-electron chi connectivity index (χ4n) is 0.977. The summed E-state index contributed by atoms with van der Waals surface area (Å²) in [5.74, 6) is 0. The van der Waals surface area contributed by atoms with Crippen molar-refractivity contribution >= 4 is 0 Å². The third-order valence-corrected chi connectivity index (χ3v) is 1.70. The lowest BCUT2D eigenvalue weighted by molar-refractivity contribution is 0.103. The fraction of sp³-hybridized carbons (Fsp3) is 0.500. The molecule has 0 aliphatic carbocycles. The standard InChI is InChI=1S/C8H13FN2/c1-3-4-11-6-5-10(2)8(9)7-11/h3,5-6,8H,1,4,7H2,2H3. The van der Waals surface area contributed by atoms with E-state index in [4.69, 9.17) is 0 Å². The Labute approximate surface area is 66.6 Å². The predicted octanol–water partition coefficient (Wildman–Crippen LogP) is 1.19. The van der Waals surface area contributed by atoms with E-state index >= 15 is 0 Å². The third kappa shape index (κ3) is 1.97. The first-order valence-corrected chi connectivity index (χ1v) is 3.63. The van der Waals surface area contributed by atoms with Crippen molar-refractivity contribution in [1.82, 2.24) is 9.80 Å². The average Bonchev–Trinajstić information content (AvgIpc) is 1.98. The van der Waals surface area contributed by atoms with E-state index in [1.807, 2.05) is 11.1 Å². The Balaban J connectivity index is 2.49. The molecule has 0 aromatic rings. The second-order valence-electron chi connectivity index (χ2n) is 2.64. The van der Waals surface area contributed by atoms with Gasteiger partial charge in [0.05, 0.1) is 6.54 Å². The van der Waals surface area contributed by atoms with Crippen LogP contribution in [0, 0.1) is 0 Å². The molecule has 1 heterocycles. The molecule has 0 fully saturated rings. The van der Waals surface area contributed by atoms with Gasteiger partial charge in [0.1, 0.15) is 0 Å². The maximum Gasteiger partial charge on any atom is 0.189 e. The highest BCUT2D eigenvalue weighted by Crippen LogP contribution is 2.08. The molecule has 0 aromatic carbocycles. The highest BCUT2D eigenvalue weighted by Gasteiger charge is 2.16. The molecule has 0 bridgehead atoms. The number of likely N-dealkylation sites (N-methyl/N-ethyl adjacent to an activating group) is 1. The Hall–Kier alpha value is -0.990. The first-order valence-electron chi connectivity index (χ1n) is 3.63.